The highest BCUT2D eigenvalue weighted by Gasteiger charge is 2.18. The van der Waals surface area contributed by atoms with Crippen LogP contribution >= 0.6 is 11.6 Å². The Hall–Kier alpha value is -4.67. The van der Waals surface area contributed by atoms with E-state index >= 15 is 0 Å². The number of amides is 2. The molecule has 43 heavy (non-hydrogen) atoms. The molecule has 0 spiro atoms. The van der Waals surface area contributed by atoms with E-state index in [1.807, 2.05) is 26.0 Å². The van der Waals surface area contributed by atoms with Gasteiger partial charge in [-0.2, -0.15) is 5.10 Å². The molecule has 0 atom stereocenters. The van der Waals surface area contributed by atoms with Crippen LogP contribution < -0.4 is 19.8 Å². The van der Waals surface area contributed by atoms with Crippen molar-refractivity contribution in [2.24, 2.45) is 5.10 Å². The van der Waals surface area contributed by atoms with E-state index in [4.69, 9.17) is 16.3 Å². The number of nitrogens with one attached hydrogen (secondary N) is 2. The number of hydrogen-bond donors (Lipinski definition) is 2. The normalized spacial score (nSPS) is 11.3. The molecule has 11 heteroatoms. The number of halogens is 1. The summed E-state index contributed by atoms with van der Waals surface area (Å²) in [5.74, 6) is -0.241. The molecule has 4 aromatic carbocycles. The second kappa shape index (κ2) is 14.0. The fourth-order valence-electron chi connectivity index (χ4n) is 4.00. The highest BCUT2D eigenvalue weighted by atomic mass is 35.5. The Morgan fingerprint density at radius 1 is 0.930 bits per heavy atom. The van der Waals surface area contributed by atoms with Gasteiger partial charge in [0.25, 0.3) is 11.8 Å². The number of benzene rings is 4. The van der Waals surface area contributed by atoms with Crippen LogP contribution in [-0.4, -0.2) is 39.3 Å². The molecule has 0 unspecified atom stereocenters. The van der Waals surface area contributed by atoms with E-state index in [1.54, 1.807) is 78.9 Å². The number of carbonyl (C=O) groups is 2. The van der Waals surface area contributed by atoms with Crippen molar-refractivity contribution >= 4 is 51.0 Å². The van der Waals surface area contributed by atoms with Gasteiger partial charge < -0.3 is 10.1 Å². The zero-order valence-electron chi connectivity index (χ0n) is 23.9. The lowest BCUT2D eigenvalue weighted by Gasteiger charge is -2.23. The molecule has 0 aliphatic rings. The summed E-state index contributed by atoms with van der Waals surface area (Å²) in [4.78, 5) is 24.7. The Kier molecular flexibility index (Phi) is 10.2. The average molecular weight is 619 g/mol. The van der Waals surface area contributed by atoms with Crippen LogP contribution in [0, 0.1) is 13.8 Å². The largest absolute Gasteiger partial charge is 0.484 e. The van der Waals surface area contributed by atoms with Crippen molar-refractivity contribution in [3.8, 4) is 5.75 Å². The van der Waals surface area contributed by atoms with Gasteiger partial charge in [0, 0.05) is 16.3 Å². The van der Waals surface area contributed by atoms with Gasteiger partial charge in [-0.15, -0.1) is 0 Å². The molecule has 2 N–H and O–H groups in total. The topological polar surface area (TPSA) is 117 Å². The van der Waals surface area contributed by atoms with Crippen LogP contribution in [-0.2, 0) is 21.4 Å². The lowest BCUT2D eigenvalue weighted by molar-refractivity contribution is -0.118. The van der Waals surface area contributed by atoms with Crippen LogP contribution in [0.25, 0.3) is 0 Å². The molecule has 0 aliphatic carbocycles. The summed E-state index contributed by atoms with van der Waals surface area (Å²) < 4.78 is 31.9. The predicted molar refractivity (Wildman–Crippen MR) is 170 cm³/mol. The molecule has 9 nitrogen and oxygen atoms in total. The van der Waals surface area contributed by atoms with Gasteiger partial charge in [0.2, 0.25) is 10.0 Å². The molecule has 0 aliphatic heterocycles. The average Bonchev–Trinajstić information content (AvgIpc) is 2.97. The van der Waals surface area contributed by atoms with Crippen LogP contribution in [0.2, 0.25) is 5.02 Å². The Morgan fingerprint density at radius 2 is 1.65 bits per heavy atom. The van der Waals surface area contributed by atoms with Gasteiger partial charge in [-0.05, 0) is 103 Å². The molecule has 0 radical (unpaired) electrons. The van der Waals surface area contributed by atoms with Crippen LogP contribution in [0.4, 0.5) is 11.4 Å². The minimum absolute atomic E-state index is 0.133. The first kappa shape index (κ1) is 31.3. The van der Waals surface area contributed by atoms with Gasteiger partial charge in [-0.1, -0.05) is 35.9 Å². The van der Waals surface area contributed by atoms with Gasteiger partial charge in [-0.3, -0.25) is 13.9 Å². The fourth-order valence-corrected chi connectivity index (χ4v) is 5.07. The number of rotatable bonds is 11. The van der Waals surface area contributed by atoms with E-state index in [1.165, 1.54) is 16.8 Å². The maximum Gasteiger partial charge on any atom is 0.271 e. The monoisotopic (exact) mass is 618 g/mol. The molecule has 0 saturated carbocycles. The molecule has 2 amide bonds. The van der Waals surface area contributed by atoms with E-state index in [0.717, 1.165) is 16.7 Å². The quantitative estimate of drug-likeness (QED) is 0.165. The smallest absolute Gasteiger partial charge is 0.271 e. The number of carbonyl (C=O) groups excluding carboxylic acids is 2. The van der Waals surface area contributed by atoms with E-state index in [-0.39, 0.29) is 19.1 Å². The van der Waals surface area contributed by atoms with Gasteiger partial charge in [0.15, 0.2) is 6.61 Å². The van der Waals surface area contributed by atoms with Crippen molar-refractivity contribution in [3.63, 3.8) is 0 Å². The maximum absolute atomic E-state index is 12.6. The second-order valence-corrected chi connectivity index (χ2v) is 12.2. The Labute approximate surface area is 256 Å². The fraction of sp³-hybridized carbons (Fsp3) is 0.156. The van der Waals surface area contributed by atoms with E-state index < -0.39 is 15.9 Å². The molecular formula is C32H31ClN4O5S. The van der Waals surface area contributed by atoms with Gasteiger partial charge in [-0.25, -0.2) is 13.8 Å². The number of ether oxygens (including phenoxy) is 1. The van der Waals surface area contributed by atoms with Gasteiger partial charge in [0.05, 0.1) is 24.7 Å². The van der Waals surface area contributed by atoms with Crippen molar-refractivity contribution in [2.75, 3.05) is 22.5 Å². The Bertz CT molecular complexity index is 1740. The SMILES string of the molecule is Cc1ccc(N(Cc2ccc(C(=O)N/N=C\c3ccc(OCC(=O)Nc4cccc(Cl)c4)cc3)cc2)S(C)(=O)=O)cc1C. The molecule has 222 valence electrons. The first-order chi connectivity index (χ1) is 20.5. The van der Waals surface area contributed by atoms with Crippen LogP contribution in [0.1, 0.15) is 32.6 Å². The maximum atomic E-state index is 12.6. The lowest BCUT2D eigenvalue weighted by atomic mass is 10.1. The number of hydrogen-bond acceptors (Lipinski definition) is 6. The van der Waals surface area contributed by atoms with Crippen molar-refractivity contribution in [2.45, 2.75) is 20.4 Å². The van der Waals surface area contributed by atoms with Gasteiger partial charge in [0.1, 0.15) is 5.75 Å². The molecular weight excluding hydrogens is 588 g/mol. The van der Waals surface area contributed by atoms with Crippen LogP contribution in [0.3, 0.4) is 0 Å². The van der Waals surface area contributed by atoms with Gasteiger partial charge >= 0.3 is 0 Å². The second-order valence-electron chi connectivity index (χ2n) is 9.85. The predicted octanol–water partition coefficient (Wildman–Crippen LogP) is 5.70. The summed E-state index contributed by atoms with van der Waals surface area (Å²) >= 11 is 5.92. The zero-order chi connectivity index (χ0) is 31.0. The molecule has 0 heterocycles. The van der Waals surface area contributed by atoms with Crippen LogP contribution in [0.5, 0.6) is 5.75 Å². The molecule has 0 aromatic heterocycles. The summed E-state index contributed by atoms with van der Waals surface area (Å²) in [5.41, 5.74) is 7.53. The minimum atomic E-state index is -3.53. The van der Waals surface area contributed by atoms with Crippen molar-refractivity contribution in [1.82, 2.24) is 5.43 Å². The number of hydrazone groups is 1. The summed E-state index contributed by atoms with van der Waals surface area (Å²) in [7, 11) is -3.53. The standard InChI is InChI=1S/C32H31ClN4O5S/c1-22-7-14-29(17-23(22)2)37(43(3,40)41)20-25-8-12-26(13-9-25)32(39)36-34-19-24-10-15-30(16-11-24)42-21-31(38)35-28-6-4-5-27(33)18-28/h4-19H,20-21H2,1-3H3,(H,35,38)(H,36,39)/b34-19-. The molecule has 0 fully saturated rings. The van der Waals surface area contributed by atoms with Crippen molar-refractivity contribution < 1.29 is 22.7 Å². The summed E-state index contributed by atoms with van der Waals surface area (Å²) in [6.45, 7) is 3.87. The summed E-state index contributed by atoms with van der Waals surface area (Å²) in [6, 6.07) is 25.9. The van der Waals surface area contributed by atoms with Crippen molar-refractivity contribution in [3.05, 3.63) is 124 Å². The Morgan fingerprint density at radius 3 is 2.30 bits per heavy atom. The third-order valence-corrected chi connectivity index (χ3v) is 7.83. The molecule has 0 bridgehead atoms. The number of anilines is 2. The summed E-state index contributed by atoms with van der Waals surface area (Å²) in [6.07, 6.45) is 2.65. The van der Waals surface area contributed by atoms with Crippen molar-refractivity contribution in [1.29, 1.82) is 0 Å². The lowest BCUT2D eigenvalue weighted by Crippen LogP contribution is -2.29. The minimum Gasteiger partial charge on any atom is -0.484 e. The first-order valence-corrected chi connectivity index (χ1v) is 15.5. The van der Waals surface area contributed by atoms with E-state index in [9.17, 15) is 18.0 Å². The van der Waals surface area contributed by atoms with E-state index in [0.29, 0.717) is 33.3 Å². The molecule has 0 saturated heterocycles. The molecule has 4 aromatic rings. The first-order valence-electron chi connectivity index (χ1n) is 13.2. The number of aryl methyl sites for hydroxylation is 2. The van der Waals surface area contributed by atoms with E-state index in [2.05, 4.69) is 15.8 Å². The molecule has 4 rings (SSSR count). The zero-order valence-corrected chi connectivity index (χ0v) is 25.4. The third kappa shape index (κ3) is 9.16. The third-order valence-electron chi connectivity index (χ3n) is 6.46. The number of sulfonamides is 1. The highest BCUT2D eigenvalue weighted by Crippen LogP contribution is 2.24. The highest BCUT2D eigenvalue weighted by molar-refractivity contribution is 7.92. The number of nitrogens with zero attached hydrogens (tertiary/aromatic N) is 2. The summed E-state index contributed by atoms with van der Waals surface area (Å²) in [5, 5.41) is 7.23. The van der Waals surface area contributed by atoms with Crippen LogP contribution in [0.15, 0.2) is 96.1 Å². The Balaban J connectivity index is 1.28.